The van der Waals surface area contributed by atoms with E-state index in [1.54, 1.807) is 26.0 Å². The summed E-state index contributed by atoms with van der Waals surface area (Å²) in [5.41, 5.74) is 6.50. The molecule has 13 N–H and O–H groups in total. The van der Waals surface area contributed by atoms with Gasteiger partial charge < -0.3 is 63.4 Å². The van der Waals surface area contributed by atoms with E-state index in [-0.39, 0.29) is 42.9 Å². The summed E-state index contributed by atoms with van der Waals surface area (Å²) in [6.45, 7) is 2.97. The van der Waals surface area contributed by atoms with E-state index in [4.69, 9.17) is 16.1 Å². The third-order valence-electron chi connectivity index (χ3n) is 9.49. The number of aromatic hydroxyl groups is 1. The van der Waals surface area contributed by atoms with Crippen LogP contribution in [0.1, 0.15) is 80.8 Å². The maximum absolute atomic E-state index is 13.8. The van der Waals surface area contributed by atoms with Crippen molar-refractivity contribution in [3.63, 3.8) is 0 Å². The standard InChI is InChI=1S/C42H55N9O14/c1-22(2)18-31(41(64)49-30(13-8-24-6-11-27(53)12-7-24)40(63)48-28(36(44)59)14-16-34(55)56)50-42(65)32(21-52)51-39(62)29(15-17-35(57)58)47-33(54)20-45-37(60)23(3)46-38(61)26-9-4-25(19-43)5-10-26/h4-7,9-12,22-23,28-32,52-53H,8,13-18,20-21H2,1-3H3,(H2,44,59)(H,45,60)(H,46,61)(H,47,54)(H,48,63)(H,49,64)(H,50,65)(H,51,62)(H,55,56)(H,57,58)/t23-,28-,29-,30-,31-,32-/m0/s1. The number of primary amides is 1. The van der Waals surface area contributed by atoms with Crippen LogP contribution in [-0.4, -0.2) is 129 Å². The van der Waals surface area contributed by atoms with E-state index in [0.29, 0.717) is 11.1 Å². The summed E-state index contributed by atoms with van der Waals surface area (Å²) >= 11 is 0. The Bertz CT molecular complexity index is 2070. The van der Waals surface area contributed by atoms with Gasteiger partial charge in [-0.05, 0) is 86.9 Å². The van der Waals surface area contributed by atoms with Crippen molar-refractivity contribution in [2.45, 2.75) is 102 Å². The fourth-order valence-corrected chi connectivity index (χ4v) is 5.93. The highest BCUT2D eigenvalue weighted by Crippen LogP contribution is 2.14. The number of hydrogen-bond acceptors (Lipinski definition) is 13. The second-order valence-electron chi connectivity index (χ2n) is 15.3. The molecule has 0 spiro atoms. The van der Waals surface area contributed by atoms with E-state index in [1.807, 2.05) is 6.07 Å². The number of nitrogens with one attached hydrogen (secondary N) is 7. The highest BCUT2D eigenvalue weighted by atomic mass is 16.4. The second-order valence-corrected chi connectivity index (χ2v) is 15.3. The number of aliphatic hydroxyl groups is 1. The summed E-state index contributed by atoms with van der Waals surface area (Å²) in [4.78, 5) is 127. The number of carbonyl (C=O) groups is 10. The SMILES string of the molecule is CC(C)C[C@H](NC(=O)[C@H](CO)NC(=O)[C@H](CCC(=O)O)NC(=O)CNC(=O)[C@H](C)NC(=O)c1ccc(C#N)cc1)C(=O)N[C@@H](CCc1ccc(O)cc1)C(=O)N[C@@H](CCC(=O)O)C(N)=O. The molecule has 0 bridgehead atoms. The molecule has 0 saturated heterocycles. The summed E-state index contributed by atoms with van der Waals surface area (Å²) < 4.78 is 0. The summed E-state index contributed by atoms with van der Waals surface area (Å²) in [6, 6.07) is 4.67. The van der Waals surface area contributed by atoms with Gasteiger partial charge in [-0.3, -0.25) is 47.9 Å². The summed E-state index contributed by atoms with van der Waals surface area (Å²) in [6.07, 6.45) is -1.99. The smallest absolute Gasteiger partial charge is 0.303 e. The number of nitrogens with two attached hydrogens (primary N) is 1. The zero-order valence-corrected chi connectivity index (χ0v) is 35.9. The van der Waals surface area contributed by atoms with Crippen LogP contribution in [-0.2, 0) is 49.6 Å². The molecule has 0 saturated carbocycles. The van der Waals surface area contributed by atoms with Crippen LogP contribution in [0.2, 0.25) is 0 Å². The number of nitrogens with zero attached hydrogens (tertiary/aromatic N) is 1. The van der Waals surface area contributed by atoms with Gasteiger partial charge in [-0.1, -0.05) is 26.0 Å². The van der Waals surface area contributed by atoms with Gasteiger partial charge in [0.15, 0.2) is 0 Å². The van der Waals surface area contributed by atoms with Gasteiger partial charge in [0.1, 0.15) is 42.0 Å². The number of carboxylic acids is 2. The molecule has 0 unspecified atom stereocenters. The first kappa shape index (κ1) is 53.5. The van der Waals surface area contributed by atoms with E-state index >= 15 is 0 Å². The zero-order chi connectivity index (χ0) is 48.8. The average molecular weight is 910 g/mol. The highest BCUT2D eigenvalue weighted by Gasteiger charge is 2.33. The van der Waals surface area contributed by atoms with E-state index in [2.05, 4.69) is 37.2 Å². The Morgan fingerprint density at radius 3 is 1.65 bits per heavy atom. The minimum atomic E-state index is -1.77. The third kappa shape index (κ3) is 19.5. The van der Waals surface area contributed by atoms with Crippen molar-refractivity contribution < 1.29 is 68.4 Å². The molecule has 0 aliphatic heterocycles. The molecule has 2 rings (SSSR count). The Morgan fingerprint density at radius 2 is 1.12 bits per heavy atom. The molecule has 0 heterocycles. The van der Waals surface area contributed by atoms with Crippen molar-refractivity contribution in [3.05, 3.63) is 65.2 Å². The van der Waals surface area contributed by atoms with E-state index in [9.17, 15) is 63.3 Å². The number of amides is 8. The maximum Gasteiger partial charge on any atom is 0.303 e. The van der Waals surface area contributed by atoms with Crippen molar-refractivity contribution >= 4 is 59.2 Å². The molecule has 0 radical (unpaired) electrons. The Kier molecular flexibility index (Phi) is 22.0. The minimum Gasteiger partial charge on any atom is -0.508 e. The number of rotatable bonds is 27. The van der Waals surface area contributed by atoms with Crippen LogP contribution in [0.15, 0.2) is 48.5 Å². The quantitative estimate of drug-likeness (QED) is 0.0453. The second kappa shape index (κ2) is 26.8. The number of nitriles is 1. The molecule has 6 atom stereocenters. The van der Waals surface area contributed by atoms with Gasteiger partial charge in [-0.25, -0.2) is 0 Å². The molecule has 0 aromatic heterocycles. The Hall–Kier alpha value is -7.61. The number of benzene rings is 2. The number of phenols is 1. The van der Waals surface area contributed by atoms with Gasteiger partial charge >= 0.3 is 11.9 Å². The predicted molar refractivity (Wildman–Crippen MR) is 227 cm³/mol. The third-order valence-corrected chi connectivity index (χ3v) is 9.49. The van der Waals surface area contributed by atoms with Crippen LogP contribution in [0.3, 0.4) is 0 Å². The van der Waals surface area contributed by atoms with Crippen LogP contribution >= 0.6 is 0 Å². The van der Waals surface area contributed by atoms with Gasteiger partial charge in [0.2, 0.25) is 41.4 Å². The van der Waals surface area contributed by atoms with E-state index < -0.39 is 128 Å². The molecule has 8 amide bonds. The Balaban J connectivity index is 2.18. The lowest BCUT2D eigenvalue weighted by atomic mass is 10.00. The number of aliphatic hydroxyl groups excluding tert-OH is 1. The first-order valence-corrected chi connectivity index (χ1v) is 20.3. The number of carboxylic acid groups (broad SMARTS) is 2. The van der Waals surface area contributed by atoms with Gasteiger partial charge in [0, 0.05) is 18.4 Å². The van der Waals surface area contributed by atoms with Gasteiger partial charge in [-0.2, -0.15) is 5.26 Å². The molecule has 0 aliphatic carbocycles. The van der Waals surface area contributed by atoms with Gasteiger partial charge in [0.05, 0.1) is 24.8 Å². The number of aryl methyl sites for hydroxylation is 1. The molecule has 0 fully saturated rings. The van der Waals surface area contributed by atoms with Crippen LogP contribution in [0.25, 0.3) is 0 Å². The fourth-order valence-electron chi connectivity index (χ4n) is 5.93. The monoisotopic (exact) mass is 909 g/mol. The normalized spacial score (nSPS) is 13.5. The molecular formula is C42H55N9O14. The maximum atomic E-state index is 13.8. The lowest BCUT2D eigenvalue weighted by Gasteiger charge is -2.27. The van der Waals surface area contributed by atoms with E-state index in [1.165, 1.54) is 43.3 Å². The summed E-state index contributed by atoms with van der Waals surface area (Å²) in [5, 5.41) is 63.6. The topological polar surface area (TPSA) is 386 Å². The zero-order valence-electron chi connectivity index (χ0n) is 35.9. The van der Waals surface area contributed by atoms with Crippen LogP contribution in [0, 0.1) is 17.2 Å². The lowest BCUT2D eigenvalue weighted by Crippen LogP contribution is -2.60. The highest BCUT2D eigenvalue weighted by molar-refractivity contribution is 5.99. The predicted octanol–water partition coefficient (Wildman–Crippen LogP) is -2.19. The first-order valence-electron chi connectivity index (χ1n) is 20.3. The first-order chi connectivity index (χ1) is 30.6. The van der Waals surface area contributed by atoms with Crippen LogP contribution in [0.5, 0.6) is 5.75 Å². The molecule has 352 valence electrons. The Labute approximate surface area is 373 Å². The number of hydrogen-bond donors (Lipinski definition) is 12. The van der Waals surface area contributed by atoms with Crippen molar-refractivity contribution in [1.29, 1.82) is 5.26 Å². The van der Waals surface area contributed by atoms with Crippen molar-refractivity contribution in [3.8, 4) is 11.8 Å². The minimum absolute atomic E-state index is 0.0252. The van der Waals surface area contributed by atoms with Gasteiger partial charge in [0.25, 0.3) is 5.91 Å². The molecule has 65 heavy (non-hydrogen) atoms. The fraction of sp³-hybridized carbons (Fsp3) is 0.452. The molecular weight excluding hydrogens is 855 g/mol. The summed E-state index contributed by atoms with van der Waals surface area (Å²) in [7, 11) is 0. The molecule has 23 heteroatoms. The van der Waals surface area contributed by atoms with Crippen molar-refractivity contribution in [2.24, 2.45) is 11.7 Å². The van der Waals surface area contributed by atoms with Crippen molar-refractivity contribution in [2.75, 3.05) is 13.2 Å². The number of carbonyl (C=O) groups excluding carboxylic acids is 8. The van der Waals surface area contributed by atoms with Crippen molar-refractivity contribution in [1.82, 2.24) is 37.2 Å². The molecule has 2 aromatic carbocycles. The van der Waals surface area contributed by atoms with E-state index in [0.717, 1.165) is 0 Å². The van der Waals surface area contributed by atoms with Gasteiger partial charge in [-0.15, -0.1) is 0 Å². The Morgan fingerprint density at radius 1 is 0.631 bits per heavy atom. The summed E-state index contributed by atoms with van der Waals surface area (Å²) in [5.74, 6) is -10.4. The number of phenolic OH excluding ortho intramolecular Hbond substituents is 1. The molecule has 2 aromatic rings. The largest absolute Gasteiger partial charge is 0.508 e. The average Bonchev–Trinajstić information content (AvgIpc) is 3.25. The number of aliphatic carboxylic acids is 2. The molecule has 23 nitrogen and oxygen atoms in total. The lowest BCUT2D eigenvalue weighted by molar-refractivity contribution is -0.139. The van der Waals surface area contributed by atoms with Crippen LogP contribution < -0.4 is 43.0 Å². The molecule has 0 aliphatic rings. The van der Waals surface area contributed by atoms with Crippen LogP contribution in [0.4, 0.5) is 0 Å².